The van der Waals surface area contributed by atoms with Crippen molar-refractivity contribution in [1.82, 2.24) is 4.90 Å². The number of methoxy groups -OCH3 is 1. The molecule has 5 heterocycles. The molecule has 0 radical (unpaired) electrons. The third-order valence-electron chi connectivity index (χ3n) is 14.5. The number of aryl methyl sites for hydroxylation is 1. The number of nitrogens with zero attached hydrogens (tertiary/aromatic N) is 2. The molecule has 5 aliphatic heterocycles. The van der Waals surface area contributed by atoms with Gasteiger partial charge < -0.3 is 43.9 Å². The number of aldehydes is 1. The number of carbonyl (C=O) groups is 3. The number of aliphatic hydroxyl groups excluding tert-OH is 2. The first kappa shape index (κ1) is 41.9. The van der Waals surface area contributed by atoms with Crippen molar-refractivity contribution >= 4 is 29.7 Å². The maximum atomic E-state index is 14.1. The molecule has 1 saturated heterocycles. The molecule has 13 nitrogen and oxygen atoms in total. The largest absolute Gasteiger partial charge is 0.492 e. The highest BCUT2D eigenvalue weighted by Crippen LogP contribution is 2.58. The molecule has 13 heteroatoms. The fourth-order valence-electron chi connectivity index (χ4n) is 11.5. The van der Waals surface area contributed by atoms with Crippen LogP contribution in [0, 0.1) is 17.8 Å². The van der Waals surface area contributed by atoms with E-state index in [-0.39, 0.29) is 85.3 Å². The van der Waals surface area contributed by atoms with Gasteiger partial charge in [0.15, 0.2) is 6.29 Å². The molecule has 6 atom stereocenters. The van der Waals surface area contributed by atoms with Gasteiger partial charge in [-0.2, -0.15) is 0 Å². The first-order chi connectivity index (χ1) is 29.7. The van der Waals surface area contributed by atoms with E-state index in [1.807, 2.05) is 0 Å². The molecule has 326 valence electrons. The molecule has 2 aromatic carbocycles. The molecule has 2 aliphatic carbocycles. The summed E-state index contributed by atoms with van der Waals surface area (Å²) in [6.07, 6.45) is 8.43. The number of aliphatic hydroxyl groups is 3. The SMILES string of the molecule is CCOC(=O)C1=C(C=O)/C2=C3\CCC(=O)[C@H](C3)c3cc4c(cc3CC[C@H](CO)COc3c5c(c(CO)c(c32)O1)O[C@H]([C@@]1(O)CCC[C@H]2CN(CCCOC)CC[C@@H]21)C5)=NCC=4. The molecule has 3 N–H and O–H groups in total. The van der Waals surface area contributed by atoms with Crippen LogP contribution in [0.5, 0.6) is 17.2 Å². The van der Waals surface area contributed by atoms with E-state index in [1.165, 1.54) is 0 Å². The molecule has 2 saturated carbocycles. The third kappa shape index (κ3) is 7.43. The monoisotopic (exact) mass is 838 g/mol. The highest BCUT2D eigenvalue weighted by atomic mass is 16.6. The average molecular weight is 839 g/mol. The highest BCUT2D eigenvalue weighted by molar-refractivity contribution is 6.11. The van der Waals surface area contributed by atoms with Crippen LogP contribution in [0.25, 0.3) is 11.6 Å². The molecule has 3 fully saturated rings. The van der Waals surface area contributed by atoms with E-state index in [0.717, 1.165) is 72.6 Å². The Labute approximate surface area is 356 Å². The molecule has 9 rings (SSSR count). The van der Waals surface area contributed by atoms with Gasteiger partial charge in [0.2, 0.25) is 5.76 Å². The summed E-state index contributed by atoms with van der Waals surface area (Å²) in [5, 5.41) is 36.8. The normalized spacial score (nSPS) is 29.3. The second-order valence-corrected chi connectivity index (χ2v) is 17.9. The van der Waals surface area contributed by atoms with Gasteiger partial charge in [0, 0.05) is 69.2 Å². The number of piperidine rings is 1. The first-order valence-corrected chi connectivity index (χ1v) is 22.3. The molecule has 0 spiro atoms. The maximum absolute atomic E-state index is 14.1. The van der Waals surface area contributed by atoms with Crippen molar-refractivity contribution in [2.75, 3.05) is 59.7 Å². The number of Topliss-reactive ketones (excluding diaryl/α,β-unsaturated/α-hetero) is 1. The number of fused-ring (bicyclic) bond motifs is 8. The summed E-state index contributed by atoms with van der Waals surface area (Å²) >= 11 is 0. The summed E-state index contributed by atoms with van der Waals surface area (Å²) < 4.78 is 31.0. The number of carbonyl (C=O) groups excluding carboxylic acids is 3. The number of esters is 1. The van der Waals surface area contributed by atoms with Gasteiger partial charge >= 0.3 is 5.97 Å². The summed E-state index contributed by atoms with van der Waals surface area (Å²) in [7, 11) is 1.72. The Hall–Kier alpha value is -4.40. The van der Waals surface area contributed by atoms with Crippen molar-refractivity contribution in [3.8, 4) is 17.2 Å². The van der Waals surface area contributed by atoms with Crippen molar-refractivity contribution in [3.05, 3.63) is 67.4 Å². The van der Waals surface area contributed by atoms with Gasteiger partial charge in [-0.05, 0) is 105 Å². The highest BCUT2D eigenvalue weighted by Gasteiger charge is 2.55. The summed E-state index contributed by atoms with van der Waals surface area (Å²) in [6.45, 7) is 5.08. The van der Waals surface area contributed by atoms with Crippen LogP contribution >= 0.6 is 0 Å². The molecule has 2 aromatic rings. The summed E-state index contributed by atoms with van der Waals surface area (Å²) in [6, 6.07) is 4.14. The third-order valence-corrected chi connectivity index (χ3v) is 14.5. The van der Waals surface area contributed by atoms with Gasteiger partial charge in [-0.25, -0.2) is 4.79 Å². The van der Waals surface area contributed by atoms with Crippen molar-refractivity contribution in [2.45, 2.75) is 102 Å². The molecule has 2 bridgehead atoms. The minimum Gasteiger partial charge on any atom is -0.492 e. The van der Waals surface area contributed by atoms with E-state index >= 15 is 0 Å². The van der Waals surface area contributed by atoms with Gasteiger partial charge in [0.25, 0.3) is 0 Å². The Balaban J connectivity index is 1.20. The van der Waals surface area contributed by atoms with Crippen LogP contribution in [0.4, 0.5) is 0 Å². The molecule has 0 aromatic heterocycles. The van der Waals surface area contributed by atoms with Crippen LogP contribution < -0.4 is 24.8 Å². The lowest BCUT2D eigenvalue weighted by atomic mass is 9.63. The maximum Gasteiger partial charge on any atom is 0.375 e. The van der Waals surface area contributed by atoms with Gasteiger partial charge in [0.05, 0.1) is 48.4 Å². The summed E-state index contributed by atoms with van der Waals surface area (Å²) in [4.78, 5) is 48.4. The lowest BCUT2D eigenvalue weighted by Crippen LogP contribution is -2.59. The van der Waals surface area contributed by atoms with Crippen molar-refractivity contribution in [2.24, 2.45) is 22.7 Å². The second kappa shape index (κ2) is 17.4. The molecule has 0 amide bonds. The van der Waals surface area contributed by atoms with E-state index in [0.29, 0.717) is 73.3 Å². The Morgan fingerprint density at radius 1 is 1.10 bits per heavy atom. The van der Waals surface area contributed by atoms with Crippen LogP contribution in [0.15, 0.2) is 34.0 Å². The van der Waals surface area contributed by atoms with Gasteiger partial charge in [0.1, 0.15) is 34.7 Å². The van der Waals surface area contributed by atoms with Gasteiger partial charge in [-0.1, -0.05) is 18.1 Å². The molecular formula is C48H58N2O11. The minimum absolute atomic E-state index is 0.00558. The van der Waals surface area contributed by atoms with E-state index in [4.69, 9.17) is 23.7 Å². The van der Waals surface area contributed by atoms with Gasteiger partial charge in [-0.15, -0.1) is 0 Å². The quantitative estimate of drug-likeness (QED) is 0.181. The topological polar surface area (TPSA) is 174 Å². The number of hydrogen-bond acceptors (Lipinski definition) is 13. The number of ketones is 1. The Morgan fingerprint density at radius 3 is 2.75 bits per heavy atom. The Bertz CT molecular complexity index is 2300. The van der Waals surface area contributed by atoms with Crippen molar-refractivity contribution < 1.29 is 53.4 Å². The lowest BCUT2D eigenvalue weighted by Gasteiger charge is -2.51. The number of allylic oxidation sites excluding steroid dienone is 3. The predicted molar refractivity (Wildman–Crippen MR) is 224 cm³/mol. The molecule has 0 unspecified atom stereocenters. The Morgan fingerprint density at radius 2 is 1.97 bits per heavy atom. The summed E-state index contributed by atoms with van der Waals surface area (Å²) in [5.41, 5.74) is 3.24. The average Bonchev–Trinajstić information content (AvgIpc) is 3.93. The second-order valence-electron chi connectivity index (χ2n) is 17.9. The fourth-order valence-corrected chi connectivity index (χ4v) is 11.5. The van der Waals surface area contributed by atoms with Gasteiger partial charge in [-0.3, -0.25) is 14.6 Å². The zero-order valence-electron chi connectivity index (χ0n) is 35.3. The van der Waals surface area contributed by atoms with Crippen molar-refractivity contribution in [3.63, 3.8) is 0 Å². The number of rotatable bonds is 10. The number of ether oxygens (including phenoxy) is 5. The van der Waals surface area contributed by atoms with Crippen LogP contribution in [0.2, 0.25) is 0 Å². The zero-order chi connectivity index (χ0) is 42.4. The fraction of sp³-hybridized carbons (Fsp3) is 0.583. The Kier molecular flexibility index (Phi) is 12.0. The lowest BCUT2D eigenvalue weighted by molar-refractivity contribution is -0.151. The van der Waals surface area contributed by atoms with Crippen LogP contribution in [-0.4, -0.2) is 110 Å². The number of likely N-dealkylation sites (tertiary alicyclic amines) is 1. The van der Waals surface area contributed by atoms with Crippen LogP contribution in [0.1, 0.15) is 98.4 Å². The zero-order valence-corrected chi connectivity index (χ0v) is 35.3. The van der Waals surface area contributed by atoms with Crippen LogP contribution in [0.3, 0.4) is 0 Å². The standard InChI is InChI=1S/C48H58N2O11/c1-3-58-47(55)46-35(24-52)41-30-9-10-39(54)33(19-30)32-18-29-11-14-49-38(29)20-28(32)8-7-27(23-51)26-59-44-34-21-40(60-43(34)36(25-53)45(61-46)42(41)44)48(56)13-4-6-31-22-50(15-5-17-57-2)16-12-37(31)48/h11,18,20,24,27,31,33,37,40,51,53,56H,3-10,12-17,19,21-23,25-26H2,1-2H3/b41-30-/t27-,31+,33-,37+,40+,48-/m1/s1. The number of hydrogen-bond donors (Lipinski definition) is 3. The molecule has 7 aliphatic rings. The molecule has 61 heavy (non-hydrogen) atoms. The number of benzene rings is 2. The molecular weight excluding hydrogens is 781 g/mol. The van der Waals surface area contributed by atoms with Crippen molar-refractivity contribution in [1.29, 1.82) is 0 Å². The minimum atomic E-state index is -1.17. The van der Waals surface area contributed by atoms with E-state index in [9.17, 15) is 29.7 Å². The van der Waals surface area contributed by atoms with E-state index in [1.54, 1.807) is 14.0 Å². The smallest absolute Gasteiger partial charge is 0.375 e. The van der Waals surface area contributed by atoms with E-state index in [2.05, 4.69) is 28.1 Å². The van der Waals surface area contributed by atoms with E-state index < -0.39 is 30.2 Å². The summed E-state index contributed by atoms with van der Waals surface area (Å²) in [5.74, 6) is -0.823. The first-order valence-electron chi connectivity index (χ1n) is 22.3. The van der Waals surface area contributed by atoms with Crippen LogP contribution in [-0.2, 0) is 43.3 Å². The predicted octanol–water partition coefficient (Wildman–Crippen LogP) is 3.42.